The van der Waals surface area contributed by atoms with E-state index < -0.39 is 21.4 Å². The Morgan fingerprint density at radius 3 is 2.35 bits per heavy atom. The lowest BCUT2D eigenvalue weighted by Crippen LogP contribution is -2.48. The van der Waals surface area contributed by atoms with Crippen LogP contribution in [0.5, 0.6) is 0 Å². The molecule has 100 valence electrons. The number of hydrogen-bond donors (Lipinski definition) is 2. The average Bonchev–Trinajstić information content (AvgIpc) is 2.12. The summed E-state index contributed by atoms with van der Waals surface area (Å²) in [6, 6.07) is 0. The second-order valence-corrected chi connectivity index (χ2v) is 7.19. The molecule has 0 heterocycles. The van der Waals surface area contributed by atoms with Gasteiger partial charge in [-0.05, 0) is 25.2 Å². The standard InChI is InChI=1S/C11H21NO4S/c1-9(2)4-7-17(15,16)12-8-11(10(13)14)5-3-6-11/h9,12H,3-8H2,1-2H3,(H,13,14). The molecule has 0 aromatic rings. The number of rotatable bonds is 7. The molecule has 1 rings (SSSR count). The molecule has 0 amide bonds. The fraction of sp³-hybridized carbons (Fsp3) is 0.909. The zero-order valence-corrected chi connectivity index (χ0v) is 11.2. The number of nitrogens with one attached hydrogen (secondary N) is 1. The van der Waals surface area contributed by atoms with Crippen LogP contribution < -0.4 is 4.72 Å². The molecule has 0 unspecified atom stereocenters. The van der Waals surface area contributed by atoms with Crippen LogP contribution >= 0.6 is 0 Å². The van der Waals surface area contributed by atoms with Crippen molar-refractivity contribution in [1.82, 2.24) is 4.72 Å². The Hall–Kier alpha value is -0.620. The van der Waals surface area contributed by atoms with Gasteiger partial charge in [-0.3, -0.25) is 4.79 Å². The fourth-order valence-corrected chi connectivity index (χ4v) is 3.20. The van der Waals surface area contributed by atoms with Crippen molar-refractivity contribution in [2.45, 2.75) is 39.5 Å². The Balaban J connectivity index is 2.46. The highest BCUT2D eigenvalue weighted by Crippen LogP contribution is 2.40. The topological polar surface area (TPSA) is 83.5 Å². The van der Waals surface area contributed by atoms with Gasteiger partial charge in [0.05, 0.1) is 11.2 Å². The van der Waals surface area contributed by atoms with Gasteiger partial charge in [0.2, 0.25) is 10.0 Å². The van der Waals surface area contributed by atoms with Gasteiger partial charge in [-0.2, -0.15) is 0 Å². The molecule has 0 spiro atoms. The normalized spacial score (nSPS) is 19.0. The molecule has 0 aromatic carbocycles. The summed E-state index contributed by atoms with van der Waals surface area (Å²) in [5.74, 6) is -0.501. The third-order valence-electron chi connectivity index (χ3n) is 3.36. The van der Waals surface area contributed by atoms with E-state index in [1.165, 1.54) is 0 Å². The van der Waals surface area contributed by atoms with Gasteiger partial charge in [0.1, 0.15) is 0 Å². The molecule has 0 bridgehead atoms. The minimum atomic E-state index is -3.33. The van der Waals surface area contributed by atoms with E-state index in [9.17, 15) is 13.2 Å². The van der Waals surface area contributed by atoms with Gasteiger partial charge in [-0.15, -0.1) is 0 Å². The fourth-order valence-electron chi connectivity index (χ4n) is 1.78. The van der Waals surface area contributed by atoms with Crippen molar-refractivity contribution in [3.63, 3.8) is 0 Å². The first-order valence-corrected chi connectivity index (χ1v) is 7.63. The zero-order valence-electron chi connectivity index (χ0n) is 10.4. The van der Waals surface area contributed by atoms with E-state index in [0.29, 0.717) is 25.2 Å². The van der Waals surface area contributed by atoms with Gasteiger partial charge in [0, 0.05) is 6.54 Å². The molecule has 2 N–H and O–H groups in total. The number of carboxylic acid groups (broad SMARTS) is 1. The number of aliphatic carboxylic acids is 1. The summed E-state index contributed by atoms with van der Waals surface area (Å²) in [5.41, 5.74) is -0.856. The Labute approximate surface area is 103 Å². The molecule has 17 heavy (non-hydrogen) atoms. The Morgan fingerprint density at radius 1 is 1.41 bits per heavy atom. The van der Waals surface area contributed by atoms with Crippen molar-refractivity contribution < 1.29 is 18.3 Å². The first-order valence-electron chi connectivity index (χ1n) is 5.98. The monoisotopic (exact) mass is 263 g/mol. The van der Waals surface area contributed by atoms with E-state index in [1.807, 2.05) is 13.8 Å². The van der Waals surface area contributed by atoms with E-state index >= 15 is 0 Å². The smallest absolute Gasteiger partial charge is 0.310 e. The van der Waals surface area contributed by atoms with Crippen LogP contribution in [0.1, 0.15) is 39.5 Å². The maximum Gasteiger partial charge on any atom is 0.310 e. The predicted octanol–water partition coefficient (Wildman–Crippen LogP) is 1.21. The molecular formula is C11H21NO4S. The average molecular weight is 263 g/mol. The van der Waals surface area contributed by atoms with Crippen LogP contribution in [-0.4, -0.2) is 31.8 Å². The molecule has 1 saturated carbocycles. The summed E-state index contributed by atoms with van der Waals surface area (Å²) >= 11 is 0. The quantitative estimate of drug-likeness (QED) is 0.723. The number of hydrogen-bond acceptors (Lipinski definition) is 3. The zero-order chi connectivity index (χ0) is 13.1. The van der Waals surface area contributed by atoms with Crippen molar-refractivity contribution in [3.8, 4) is 0 Å². The van der Waals surface area contributed by atoms with Crippen LogP contribution in [0.3, 0.4) is 0 Å². The molecule has 0 radical (unpaired) electrons. The lowest BCUT2D eigenvalue weighted by atomic mass is 9.69. The summed E-state index contributed by atoms with van der Waals surface area (Å²) in [6.45, 7) is 3.95. The number of carbonyl (C=O) groups is 1. The lowest BCUT2D eigenvalue weighted by Gasteiger charge is -2.37. The van der Waals surface area contributed by atoms with Crippen LogP contribution in [-0.2, 0) is 14.8 Å². The van der Waals surface area contributed by atoms with Gasteiger partial charge in [0.15, 0.2) is 0 Å². The van der Waals surface area contributed by atoms with Crippen molar-refractivity contribution in [1.29, 1.82) is 0 Å². The van der Waals surface area contributed by atoms with Gasteiger partial charge < -0.3 is 5.11 Å². The highest BCUT2D eigenvalue weighted by atomic mass is 32.2. The Morgan fingerprint density at radius 2 is 2.00 bits per heavy atom. The number of sulfonamides is 1. The first kappa shape index (κ1) is 14.4. The molecule has 0 aliphatic heterocycles. The molecule has 1 fully saturated rings. The summed E-state index contributed by atoms with van der Waals surface area (Å²) in [5, 5.41) is 9.06. The largest absolute Gasteiger partial charge is 0.481 e. The summed E-state index contributed by atoms with van der Waals surface area (Å²) in [7, 11) is -3.33. The Kier molecular flexibility index (Phi) is 4.55. The van der Waals surface area contributed by atoms with Crippen molar-refractivity contribution in [3.05, 3.63) is 0 Å². The molecule has 1 aliphatic carbocycles. The van der Waals surface area contributed by atoms with Crippen LogP contribution in [0, 0.1) is 11.3 Å². The summed E-state index contributed by atoms with van der Waals surface area (Å²) in [4.78, 5) is 11.1. The molecule has 0 atom stereocenters. The van der Waals surface area contributed by atoms with Crippen molar-refractivity contribution >= 4 is 16.0 Å². The summed E-state index contributed by atoms with van der Waals surface area (Å²) in [6.07, 6.45) is 2.58. The minimum Gasteiger partial charge on any atom is -0.481 e. The number of carboxylic acids is 1. The highest BCUT2D eigenvalue weighted by molar-refractivity contribution is 7.89. The van der Waals surface area contributed by atoms with E-state index in [0.717, 1.165) is 6.42 Å². The van der Waals surface area contributed by atoms with Crippen molar-refractivity contribution in [2.75, 3.05) is 12.3 Å². The van der Waals surface area contributed by atoms with Crippen LogP contribution in [0.2, 0.25) is 0 Å². The predicted molar refractivity (Wildman–Crippen MR) is 65.2 cm³/mol. The van der Waals surface area contributed by atoms with E-state index in [2.05, 4.69) is 4.72 Å². The van der Waals surface area contributed by atoms with Gasteiger partial charge in [-0.1, -0.05) is 20.3 Å². The van der Waals surface area contributed by atoms with E-state index in [-0.39, 0.29) is 12.3 Å². The molecule has 5 nitrogen and oxygen atoms in total. The Bertz CT molecular complexity index is 371. The SMILES string of the molecule is CC(C)CCS(=O)(=O)NCC1(C(=O)O)CCC1. The summed E-state index contributed by atoms with van der Waals surface area (Å²) < 4.78 is 25.7. The lowest BCUT2D eigenvalue weighted by molar-refractivity contribution is -0.153. The molecule has 0 aromatic heterocycles. The van der Waals surface area contributed by atoms with Gasteiger partial charge in [0.25, 0.3) is 0 Å². The molecule has 1 aliphatic rings. The molecule has 0 saturated heterocycles. The molecular weight excluding hydrogens is 242 g/mol. The maximum atomic E-state index is 11.6. The van der Waals surface area contributed by atoms with Gasteiger partial charge in [-0.25, -0.2) is 13.1 Å². The third kappa shape index (κ3) is 3.96. The van der Waals surface area contributed by atoms with Crippen molar-refractivity contribution in [2.24, 2.45) is 11.3 Å². The van der Waals surface area contributed by atoms with E-state index in [1.54, 1.807) is 0 Å². The van der Waals surface area contributed by atoms with Crippen LogP contribution in [0.25, 0.3) is 0 Å². The highest BCUT2D eigenvalue weighted by Gasteiger charge is 2.44. The minimum absolute atomic E-state index is 0.0305. The second kappa shape index (κ2) is 5.35. The third-order valence-corrected chi connectivity index (χ3v) is 4.72. The van der Waals surface area contributed by atoms with E-state index in [4.69, 9.17) is 5.11 Å². The molecule has 6 heteroatoms. The van der Waals surface area contributed by atoms with Gasteiger partial charge >= 0.3 is 5.97 Å². The first-order chi connectivity index (χ1) is 7.77. The van der Waals surface area contributed by atoms with Crippen LogP contribution in [0.4, 0.5) is 0 Å². The second-order valence-electron chi connectivity index (χ2n) is 5.26. The van der Waals surface area contributed by atoms with Crippen LogP contribution in [0.15, 0.2) is 0 Å². The maximum absolute atomic E-state index is 11.6.